The van der Waals surface area contributed by atoms with Crippen molar-refractivity contribution in [1.82, 2.24) is 4.57 Å². The molecule has 0 saturated heterocycles. The molecule has 0 amide bonds. The quantitative estimate of drug-likeness (QED) is 0.162. The van der Waals surface area contributed by atoms with Gasteiger partial charge < -0.3 is 9.47 Å². The predicted molar refractivity (Wildman–Crippen MR) is 229 cm³/mol. The van der Waals surface area contributed by atoms with Gasteiger partial charge in [-0.1, -0.05) is 164 Å². The summed E-state index contributed by atoms with van der Waals surface area (Å²) in [5.41, 5.74) is 14.0. The van der Waals surface area contributed by atoms with E-state index in [9.17, 15) is 0 Å². The monoisotopic (exact) mass is 688 g/mol. The Morgan fingerprint density at radius 2 is 0.741 bits per heavy atom. The van der Waals surface area contributed by atoms with Gasteiger partial charge >= 0.3 is 0 Å². The van der Waals surface area contributed by atoms with E-state index < -0.39 is 0 Å². The summed E-state index contributed by atoms with van der Waals surface area (Å²) in [6, 6.07) is 78.8. The predicted octanol–water partition coefficient (Wildman–Crippen LogP) is 14.4. The van der Waals surface area contributed by atoms with Crippen LogP contribution in [0, 0.1) is 0 Å². The second kappa shape index (κ2) is 13.4. The van der Waals surface area contributed by atoms with E-state index in [0.717, 1.165) is 28.3 Å². The number of benzene rings is 9. The van der Waals surface area contributed by atoms with Crippen molar-refractivity contribution in [2.45, 2.75) is 0 Å². The lowest BCUT2D eigenvalue weighted by molar-refractivity contribution is 1.18. The molecule has 0 fully saturated rings. The molecule has 0 spiro atoms. The fourth-order valence-corrected chi connectivity index (χ4v) is 7.94. The van der Waals surface area contributed by atoms with E-state index in [1.165, 1.54) is 60.4 Å². The van der Waals surface area contributed by atoms with Crippen molar-refractivity contribution in [1.29, 1.82) is 0 Å². The molecule has 0 radical (unpaired) electrons. The first-order valence-corrected chi connectivity index (χ1v) is 18.5. The van der Waals surface area contributed by atoms with Gasteiger partial charge in [0, 0.05) is 33.5 Å². The summed E-state index contributed by atoms with van der Waals surface area (Å²) in [4.78, 5) is 2.38. The van der Waals surface area contributed by atoms with Crippen LogP contribution in [0.2, 0.25) is 0 Å². The van der Waals surface area contributed by atoms with Crippen molar-refractivity contribution in [2.75, 3.05) is 4.90 Å². The summed E-state index contributed by atoms with van der Waals surface area (Å²) in [7, 11) is 0. The third kappa shape index (κ3) is 5.62. The van der Waals surface area contributed by atoms with Crippen LogP contribution in [0.15, 0.2) is 218 Å². The Labute approximate surface area is 315 Å². The molecule has 0 aliphatic rings. The number of hydrogen-bond donors (Lipinski definition) is 0. The van der Waals surface area contributed by atoms with Crippen LogP contribution in [-0.2, 0) is 0 Å². The molecule has 1 heterocycles. The van der Waals surface area contributed by atoms with Gasteiger partial charge in [-0.3, -0.25) is 0 Å². The van der Waals surface area contributed by atoms with Gasteiger partial charge in [0.2, 0.25) is 0 Å². The van der Waals surface area contributed by atoms with Gasteiger partial charge in [-0.2, -0.15) is 0 Å². The molecule has 254 valence electrons. The molecule has 0 saturated carbocycles. The van der Waals surface area contributed by atoms with Crippen LogP contribution in [0.4, 0.5) is 17.1 Å². The van der Waals surface area contributed by atoms with Crippen LogP contribution in [-0.4, -0.2) is 4.57 Å². The fraction of sp³-hybridized carbons (Fsp3) is 0. The van der Waals surface area contributed by atoms with E-state index in [-0.39, 0.29) is 0 Å². The maximum Gasteiger partial charge on any atom is 0.0562 e. The lowest BCUT2D eigenvalue weighted by atomic mass is 10.0. The van der Waals surface area contributed by atoms with Crippen LogP contribution in [0.5, 0.6) is 0 Å². The summed E-state index contributed by atoms with van der Waals surface area (Å²) in [5, 5.41) is 5.01. The second-order valence-electron chi connectivity index (χ2n) is 13.8. The Bertz CT molecular complexity index is 2790. The van der Waals surface area contributed by atoms with Gasteiger partial charge in [-0.25, -0.2) is 0 Å². The molecule has 0 unspecified atom stereocenters. The number of nitrogens with zero attached hydrogens (tertiary/aromatic N) is 2. The highest BCUT2D eigenvalue weighted by Gasteiger charge is 2.19. The molecule has 0 aliphatic heterocycles. The summed E-state index contributed by atoms with van der Waals surface area (Å²) in [5.74, 6) is 0. The van der Waals surface area contributed by atoms with E-state index in [1.54, 1.807) is 0 Å². The second-order valence-corrected chi connectivity index (χ2v) is 13.8. The van der Waals surface area contributed by atoms with Gasteiger partial charge in [-0.15, -0.1) is 0 Å². The fourth-order valence-electron chi connectivity index (χ4n) is 7.94. The third-order valence-corrected chi connectivity index (χ3v) is 10.6. The van der Waals surface area contributed by atoms with E-state index in [1.807, 2.05) is 0 Å². The molecule has 10 rings (SSSR count). The lowest BCUT2D eigenvalue weighted by Gasteiger charge is -2.26. The molecule has 1 aromatic heterocycles. The minimum Gasteiger partial charge on any atom is -0.310 e. The van der Waals surface area contributed by atoms with Gasteiger partial charge in [0.1, 0.15) is 0 Å². The van der Waals surface area contributed by atoms with Crippen LogP contribution >= 0.6 is 0 Å². The summed E-state index contributed by atoms with van der Waals surface area (Å²) in [6.07, 6.45) is 0. The largest absolute Gasteiger partial charge is 0.310 e. The van der Waals surface area contributed by atoms with Crippen LogP contribution in [0.3, 0.4) is 0 Å². The first-order valence-electron chi connectivity index (χ1n) is 18.5. The summed E-state index contributed by atoms with van der Waals surface area (Å²) in [6.45, 7) is 0. The highest BCUT2D eigenvalue weighted by atomic mass is 15.1. The standard InChI is InChI=1S/C52H36N2/c1-4-12-37(13-5-1)40-20-27-44(28-21-40)53(45-29-22-41(23-30-45)38-14-6-2-7-15-38)47-33-34-49-51(36-47)54(50-35-26-43-18-10-11-19-48(43)52(49)50)46-31-24-42(25-32-46)39-16-8-3-9-17-39/h1-36H. The Balaban J connectivity index is 1.17. The van der Waals surface area contributed by atoms with Crippen molar-refractivity contribution < 1.29 is 0 Å². The van der Waals surface area contributed by atoms with Gasteiger partial charge in [0.05, 0.1) is 11.0 Å². The van der Waals surface area contributed by atoms with Gasteiger partial charge in [-0.05, 0) is 98.8 Å². The summed E-state index contributed by atoms with van der Waals surface area (Å²) >= 11 is 0. The molecular formula is C52H36N2. The van der Waals surface area contributed by atoms with Gasteiger partial charge in [0.15, 0.2) is 0 Å². The third-order valence-electron chi connectivity index (χ3n) is 10.6. The van der Waals surface area contributed by atoms with Crippen molar-refractivity contribution >= 4 is 49.6 Å². The zero-order chi connectivity index (χ0) is 35.8. The molecule has 0 N–H and O–H groups in total. The normalized spacial score (nSPS) is 11.3. The molecule has 54 heavy (non-hydrogen) atoms. The van der Waals surface area contributed by atoms with Crippen LogP contribution in [0.25, 0.3) is 71.6 Å². The average Bonchev–Trinajstić information content (AvgIpc) is 3.59. The molecule has 2 heteroatoms. The zero-order valence-electron chi connectivity index (χ0n) is 29.7. The Hall–Kier alpha value is -7.16. The highest BCUT2D eigenvalue weighted by Crippen LogP contribution is 2.42. The van der Waals surface area contributed by atoms with Gasteiger partial charge in [0.25, 0.3) is 0 Å². The molecule has 0 aliphatic carbocycles. The highest BCUT2D eigenvalue weighted by molar-refractivity contribution is 6.21. The van der Waals surface area contributed by atoms with Crippen LogP contribution in [0.1, 0.15) is 0 Å². The molecule has 0 atom stereocenters. The number of aromatic nitrogens is 1. The van der Waals surface area contributed by atoms with E-state index in [0.29, 0.717) is 0 Å². The molecule has 2 nitrogen and oxygen atoms in total. The molecule has 0 bridgehead atoms. The molecule has 9 aromatic carbocycles. The Morgan fingerprint density at radius 1 is 0.296 bits per heavy atom. The maximum atomic E-state index is 2.44. The Morgan fingerprint density at radius 3 is 1.28 bits per heavy atom. The lowest BCUT2D eigenvalue weighted by Crippen LogP contribution is -2.10. The zero-order valence-corrected chi connectivity index (χ0v) is 29.7. The van der Waals surface area contributed by atoms with E-state index >= 15 is 0 Å². The van der Waals surface area contributed by atoms with Crippen molar-refractivity contribution in [3.05, 3.63) is 218 Å². The maximum absolute atomic E-state index is 2.44. The van der Waals surface area contributed by atoms with E-state index in [4.69, 9.17) is 0 Å². The average molecular weight is 689 g/mol. The number of rotatable bonds is 7. The topological polar surface area (TPSA) is 8.17 Å². The van der Waals surface area contributed by atoms with E-state index in [2.05, 4.69) is 228 Å². The first kappa shape index (κ1) is 31.6. The van der Waals surface area contributed by atoms with Crippen molar-refractivity contribution in [3.63, 3.8) is 0 Å². The molecule has 10 aromatic rings. The first-order chi connectivity index (χ1) is 26.8. The van der Waals surface area contributed by atoms with Crippen molar-refractivity contribution in [3.8, 4) is 39.1 Å². The minimum absolute atomic E-state index is 1.09. The SMILES string of the molecule is c1ccc(-c2ccc(N(c3ccc(-c4ccccc4)cc3)c3ccc4c5c6ccccc6ccc5n(-c5ccc(-c6ccccc6)cc5)c4c3)cc2)cc1. The number of hydrogen-bond acceptors (Lipinski definition) is 1. The molecular weight excluding hydrogens is 653 g/mol. The summed E-state index contributed by atoms with van der Waals surface area (Å²) < 4.78 is 2.44. The number of anilines is 3. The van der Waals surface area contributed by atoms with Crippen molar-refractivity contribution in [2.24, 2.45) is 0 Å². The minimum atomic E-state index is 1.09. The Kier molecular flexibility index (Phi) is 7.85. The smallest absolute Gasteiger partial charge is 0.0562 e. The van der Waals surface area contributed by atoms with Crippen LogP contribution < -0.4 is 4.90 Å². The number of fused-ring (bicyclic) bond motifs is 5.